The van der Waals surface area contributed by atoms with E-state index in [0.717, 1.165) is 11.1 Å². The summed E-state index contributed by atoms with van der Waals surface area (Å²) >= 11 is 5.95. The minimum atomic E-state index is -0.625. The SMILES string of the molecule is O=C(c1ccc(Cl)cc1)N1CCN([C@@H]2CN(C(=O)C(c3ccccc3)c3ccccc3)C[C@H]2O)CC1. The van der Waals surface area contributed by atoms with Gasteiger partial charge in [0.15, 0.2) is 0 Å². The number of carbonyl (C=O) groups is 2. The first-order valence-electron chi connectivity index (χ1n) is 12.4. The summed E-state index contributed by atoms with van der Waals surface area (Å²) in [7, 11) is 0. The lowest BCUT2D eigenvalue weighted by molar-refractivity contribution is -0.131. The maximum absolute atomic E-state index is 13.8. The van der Waals surface area contributed by atoms with Gasteiger partial charge in [-0.1, -0.05) is 72.3 Å². The Hall–Kier alpha value is -3.19. The van der Waals surface area contributed by atoms with Gasteiger partial charge in [-0.15, -0.1) is 0 Å². The molecular formula is C29H30ClN3O3. The van der Waals surface area contributed by atoms with E-state index in [4.69, 9.17) is 11.6 Å². The highest BCUT2D eigenvalue weighted by atomic mass is 35.5. The van der Waals surface area contributed by atoms with Crippen LogP contribution in [-0.4, -0.2) is 83.0 Å². The van der Waals surface area contributed by atoms with E-state index in [1.54, 1.807) is 29.2 Å². The Bertz CT molecular complexity index is 1140. The van der Waals surface area contributed by atoms with Crippen molar-refractivity contribution in [3.63, 3.8) is 0 Å². The molecule has 2 aliphatic heterocycles. The van der Waals surface area contributed by atoms with Gasteiger partial charge in [-0.05, 0) is 35.4 Å². The predicted molar refractivity (Wildman–Crippen MR) is 140 cm³/mol. The molecule has 2 atom stereocenters. The van der Waals surface area contributed by atoms with E-state index in [1.165, 1.54) is 0 Å². The second-order valence-electron chi connectivity index (χ2n) is 9.47. The van der Waals surface area contributed by atoms with Crippen molar-refractivity contribution in [3.05, 3.63) is 107 Å². The van der Waals surface area contributed by atoms with E-state index in [1.807, 2.05) is 65.6 Å². The molecule has 0 unspecified atom stereocenters. The number of piperazine rings is 1. The van der Waals surface area contributed by atoms with Gasteiger partial charge in [-0.3, -0.25) is 14.5 Å². The topological polar surface area (TPSA) is 64.1 Å². The molecule has 0 aliphatic carbocycles. The van der Waals surface area contributed by atoms with Crippen molar-refractivity contribution in [1.82, 2.24) is 14.7 Å². The quantitative estimate of drug-likeness (QED) is 0.579. The largest absolute Gasteiger partial charge is 0.390 e. The molecule has 0 radical (unpaired) electrons. The van der Waals surface area contributed by atoms with Gasteiger partial charge in [0.05, 0.1) is 18.1 Å². The Balaban J connectivity index is 1.25. The minimum Gasteiger partial charge on any atom is -0.390 e. The maximum atomic E-state index is 13.8. The summed E-state index contributed by atoms with van der Waals surface area (Å²) in [6, 6.07) is 26.4. The van der Waals surface area contributed by atoms with Crippen LogP contribution in [0.1, 0.15) is 27.4 Å². The molecule has 2 aliphatic rings. The van der Waals surface area contributed by atoms with Gasteiger partial charge in [0.2, 0.25) is 5.91 Å². The second-order valence-corrected chi connectivity index (χ2v) is 9.90. The summed E-state index contributed by atoms with van der Waals surface area (Å²) in [5.74, 6) is -0.415. The molecule has 5 rings (SSSR count). The number of carbonyl (C=O) groups excluding carboxylic acids is 2. The first kappa shape index (κ1) is 24.5. The van der Waals surface area contributed by atoms with E-state index in [9.17, 15) is 14.7 Å². The van der Waals surface area contributed by atoms with Crippen LogP contribution in [0.15, 0.2) is 84.9 Å². The third kappa shape index (κ3) is 5.16. The molecule has 0 spiro atoms. The molecule has 0 saturated carbocycles. The zero-order valence-electron chi connectivity index (χ0n) is 20.0. The van der Waals surface area contributed by atoms with Crippen LogP contribution in [0.3, 0.4) is 0 Å². The van der Waals surface area contributed by atoms with E-state index in [0.29, 0.717) is 49.9 Å². The van der Waals surface area contributed by atoms with Crippen molar-refractivity contribution in [1.29, 1.82) is 0 Å². The van der Waals surface area contributed by atoms with Crippen LogP contribution < -0.4 is 0 Å². The van der Waals surface area contributed by atoms with Crippen molar-refractivity contribution in [3.8, 4) is 0 Å². The highest BCUT2D eigenvalue weighted by Gasteiger charge is 2.41. The van der Waals surface area contributed by atoms with Crippen molar-refractivity contribution >= 4 is 23.4 Å². The van der Waals surface area contributed by atoms with Crippen molar-refractivity contribution in [2.45, 2.75) is 18.1 Å². The van der Waals surface area contributed by atoms with Gasteiger partial charge in [0.25, 0.3) is 5.91 Å². The zero-order valence-corrected chi connectivity index (χ0v) is 20.8. The number of hydrogen-bond acceptors (Lipinski definition) is 4. The molecule has 6 nitrogen and oxygen atoms in total. The van der Waals surface area contributed by atoms with E-state index in [2.05, 4.69) is 4.90 Å². The zero-order chi connectivity index (χ0) is 25.1. The molecule has 1 N–H and O–H groups in total. The number of rotatable bonds is 5. The molecule has 2 heterocycles. The lowest BCUT2D eigenvalue weighted by Gasteiger charge is -2.38. The van der Waals surface area contributed by atoms with Crippen molar-refractivity contribution in [2.24, 2.45) is 0 Å². The highest BCUT2D eigenvalue weighted by molar-refractivity contribution is 6.30. The number of hydrogen-bond donors (Lipinski definition) is 1. The summed E-state index contributed by atoms with van der Waals surface area (Å²) in [6.07, 6.45) is -0.625. The molecule has 7 heteroatoms. The van der Waals surface area contributed by atoms with Crippen LogP contribution in [-0.2, 0) is 4.79 Å². The minimum absolute atomic E-state index is 0.00509. The van der Waals surface area contributed by atoms with Gasteiger partial charge in [0.1, 0.15) is 0 Å². The average Bonchev–Trinajstić information content (AvgIpc) is 3.32. The standard InChI is InChI=1S/C29H30ClN3O3/c30-24-13-11-23(12-14-24)28(35)32-17-15-31(16-18-32)25-19-33(20-26(25)34)29(36)27(21-7-3-1-4-8-21)22-9-5-2-6-10-22/h1-14,25-27,34H,15-20H2/t25-,26-/m1/s1. The number of β-amino-alcohol motifs (C(OH)–C–C–N with tert-alkyl or cyclic N) is 1. The summed E-state index contributed by atoms with van der Waals surface area (Å²) in [5.41, 5.74) is 2.51. The first-order valence-corrected chi connectivity index (χ1v) is 12.7. The summed E-state index contributed by atoms with van der Waals surface area (Å²) in [4.78, 5) is 32.5. The Kier molecular flexibility index (Phi) is 7.37. The second kappa shape index (κ2) is 10.8. The van der Waals surface area contributed by atoms with Crippen LogP contribution in [0.25, 0.3) is 0 Å². The number of nitrogens with zero attached hydrogens (tertiary/aromatic N) is 3. The number of amides is 2. The van der Waals surface area contributed by atoms with E-state index >= 15 is 0 Å². The normalized spacial score (nSPS) is 20.6. The smallest absolute Gasteiger partial charge is 0.253 e. The number of halogens is 1. The van der Waals surface area contributed by atoms with Crippen molar-refractivity contribution < 1.29 is 14.7 Å². The molecule has 3 aromatic rings. The first-order chi connectivity index (χ1) is 17.5. The number of aliphatic hydroxyl groups is 1. The lowest BCUT2D eigenvalue weighted by Crippen LogP contribution is -2.55. The van der Waals surface area contributed by atoms with Crippen LogP contribution >= 0.6 is 11.6 Å². The molecular weight excluding hydrogens is 474 g/mol. The van der Waals surface area contributed by atoms with Gasteiger partial charge < -0.3 is 14.9 Å². The molecule has 36 heavy (non-hydrogen) atoms. The van der Waals surface area contributed by atoms with Gasteiger partial charge in [-0.2, -0.15) is 0 Å². The van der Waals surface area contributed by atoms with E-state index in [-0.39, 0.29) is 17.9 Å². The molecule has 3 aromatic carbocycles. The molecule has 2 saturated heterocycles. The number of benzene rings is 3. The molecule has 0 aromatic heterocycles. The Labute approximate surface area is 216 Å². The Morgan fingerprint density at radius 3 is 1.86 bits per heavy atom. The number of likely N-dealkylation sites (tertiary alicyclic amines) is 1. The summed E-state index contributed by atoms with van der Waals surface area (Å²) < 4.78 is 0. The van der Waals surface area contributed by atoms with Crippen LogP contribution in [0.4, 0.5) is 0 Å². The predicted octanol–water partition coefficient (Wildman–Crippen LogP) is 3.50. The molecule has 0 bridgehead atoms. The fourth-order valence-corrected chi connectivity index (χ4v) is 5.42. The third-order valence-electron chi connectivity index (χ3n) is 7.25. The molecule has 186 valence electrons. The van der Waals surface area contributed by atoms with Crippen LogP contribution in [0.2, 0.25) is 5.02 Å². The van der Waals surface area contributed by atoms with Crippen LogP contribution in [0.5, 0.6) is 0 Å². The fraction of sp³-hybridized carbons (Fsp3) is 0.310. The monoisotopic (exact) mass is 503 g/mol. The maximum Gasteiger partial charge on any atom is 0.253 e. The molecule has 2 amide bonds. The Morgan fingerprint density at radius 2 is 1.31 bits per heavy atom. The Morgan fingerprint density at radius 1 is 0.750 bits per heavy atom. The summed E-state index contributed by atoms with van der Waals surface area (Å²) in [5, 5.41) is 11.5. The van der Waals surface area contributed by atoms with Gasteiger partial charge >= 0.3 is 0 Å². The molecule has 2 fully saturated rings. The van der Waals surface area contributed by atoms with Gasteiger partial charge in [-0.25, -0.2) is 0 Å². The fourth-order valence-electron chi connectivity index (χ4n) is 5.29. The summed E-state index contributed by atoms with van der Waals surface area (Å²) in [6.45, 7) is 3.25. The van der Waals surface area contributed by atoms with E-state index < -0.39 is 12.0 Å². The highest BCUT2D eigenvalue weighted by Crippen LogP contribution is 2.29. The van der Waals surface area contributed by atoms with Crippen LogP contribution in [0, 0.1) is 0 Å². The van der Waals surface area contributed by atoms with Crippen molar-refractivity contribution in [2.75, 3.05) is 39.3 Å². The third-order valence-corrected chi connectivity index (χ3v) is 7.50. The number of aliphatic hydroxyl groups excluding tert-OH is 1. The average molecular weight is 504 g/mol. The lowest BCUT2D eigenvalue weighted by atomic mass is 9.90. The van der Waals surface area contributed by atoms with Gasteiger partial charge in [0, 0.05) is 49.9 Å².